The average molecular weight is 815 g/mol. The van der Waals surface area contributed by atoms with Crippen LogP contribution in [0.5, 0.6) is 0 Å². The van der Waals surface area contributed by atoms with E-state index >= 15 is 0 Å². The maximum atomic E-state index is 14.2. The number of carbonyl (C=O) groups is 3. The van der Waals surface area contributed by atoms with Gasteiger partial charge in [-0.05, 0) is 41.1 Å². The summed E-state index contributed by atoms with van der Waals surface area (Å²) in [6, 6.07) is 19.9. The van der Waals surface area contributed by atoms with Crippen molar-refractivity contribution in [1.82, 2.24) is 0 Å². The molecular formula is C45H70O11Si. The van der Waals surface area contributed by atoms with Gasteiger partial charge in [0.25, 0.3) is 8.32 Å². The lowest BCUT2D eigenvalue weighted by Gasteiger charge is -2.46. The molecular weight excluding hydrogens is 745 g/mol. The van der Waals surface area contributed by atoms with Crippen LogP contribution in [-0.2, 0) is 52.0 Å². The SMILES string of the molecule is CCCCCCC(=O)CCCCCC/C=C/[C@H](OCOC)[C@@H](OCOC)[C@H](OCOC)[C@](C=O)(CO[Si](c1ccccc1)(c1ccccc1)C(C)(C)C)C(=O)OC. The van der Waals surface area contributed by atoms with Crippen LogP contribution in [0.15, 0.2) is 72.8 Å². The van der Waals surface area contributed by atoms with Crippen LogP contribution in [-0.4, -0.2) is 100 Å². The highest BCUT2D eigenvalue weighted by Crippen LogP contribution is 2.40. The lowest BCUT2D eigenvalue weighted by atomic mass is 9.79. The number of ketones is 1. The number of ether oxygens (including phenoxy) is 7. The first-order chi connectivity index (χ1) is 27.5. The van der Waals surface area contributed by atoms with Crippen molar-refractivity contribution >= 4 is 36.7 Å². The lowest BCUT2D eigenvalue weighted by molar-refractivity contribution is -0.228. The highest BCUT2D eigenvalue weighted by Gasteiger charge is 2.58. The molecule has 0 saturated heterocycles. The average Bonchev–Trinajstić information content (AvgIpc) is 3.22. The van der Waals surface area contributed by atoms with Crippen molar-refractivity contribution in [2.45, 2.75) is 122 Å². The number of aldehydes is 1. The van der Waals surface area contributed by atoms with E-state index in [0.717, 1.165) is 61.7 Å². The van der Waals surface area contributed by atoms with E-state index in [-0.39, 0.29) is 20.4 Å². The highest BCUT2D eigenvalue weighted by atomic mass is 28.4. The van der Waals surface area contributed by atoms with Gasteiger partial charge in [0.05, 0.1) is 13.7 Å². The van der Waals surface area contributed by atoms with E-state index in [4.69, 9.17) is 37.6 Å². The summed E-state index contributed by atoms with van der Waals surface area (Å²) in [5, 5.41) is 1.47. The van der Waals surface area contributed by atoms with Gasteiger partial charge in [-0.25, -0.2) is 0 Å². The summed E-state index contributed by atoms with van der Waals surface area (Å²) in [6.45, 7) is 7.49. The third-order valence-corrected chi connectivity index (χ3v) is 15.2. The minimum atomic E-state index is -3.28. The number of methoxy groups -OCH3 is 4. The number of hydrogen-bond acceptors (Lipinski definition) is 11. The molecule has 57 heavy (non-hydrogen) atoms. The first kappa shape index (κ1) is 50.1. The number of benzene rings is 2. The van der Waals surface area contributed by atoms with Crippen LogP contribution in [0.4, 0.5) is 0 Å². The van der Waals surface area contributed by atoms with Gasteiger partial charge in [-0.1, -0.05) is 133 Å². The quantitative estimate of drug-likeness (QED) is 0.0140. The van der Waals surface area contributed by atoms with E-state index < -0.39 is 49.7 Å². The second-order valence-corrected chi connectivity index (χ2v) is 19.7. The van der Waals surface area contributed by atoms with Gasteiger partial charge in [0.2, 0.25) is 0 Å². The number of hydrogen-bond donors (Lipinski definition) is 0. The van der Waals surface area contributed by atoms with Gasteiger partial charge >= 0.3 is 5.97 Å². The molecule has 0 spiro atoms. The van der Waals surface area contributed by atoms with E-state index in [2.05, 4.69) is 27.7 Å². The number of unbranched alkanes of at least 4 members (excludes halogenated alkanes) is 7. The van der Waals surface area contributed by atoms with Crippen LogP contribution < -0.4 is 10.4 Å². The fourth-order valence-electron chi connectivity index (χ4n) is 7.21. The van der Waals surface area contributed by atoms with Crippen molar-refractivity contribution in [3.63, 3.8) is 0 Å². The smallest absolute Gasteiger partial charge is 0.324 e. The van der Waals surface area contributed by atoms with E-state index in [1.807, 2.05) is 72.8 Å². The van der Waals surface area contributed by atoms with Gasteiger partial charge < -0.3 is 42.4 Å². The second-order valence-electron chi connectivity index (χ2n) is 15.4. The molecule has 0 N–H and O–H groups in total. The van der Waals surface area contributed by atoms with Crippen molar-refractivity contribution in [3.05, 3.63) is 72.8 Å². The third-order valence-electron chi connectivity index (χ3n) is 10.2. The van der Waals surface area contributed by atoms with Crippen molar-refractivity contribution < 1.29 is 52.0 Å². The molecule has 11 nitrogen and oxygen atoms in total. The van der Waals surface area contributed by atoms with E-state index in [1.165, 1.54) is 34.9 Å². The van der Waals surface area contributed by atoms with E-state index in [0.29, 0.717) is 24.9 Å². The Morgan fingerprint density at radius 1 is 0.702 bits per heavy atom. The molecule has 0 radical (unpaired) electrons. The topological polar surface area (TPSA) is 125 Å². The maximum Gasteiger partial charge on any atom is 0.324 e. The normalized spacial score (nSPS) is 14.9. The molecule has 2 rings (SSSR count). The van der Waals surface area contributed by atoms with Crippen LogP contribution in [0.3, 0.4) is 0 Å². The second kappa shape index (κ2) is 27.6. The number of rotatable bonds is 32. The molecule has 0 aliphatic carbocycles. The standard InChI is InChI=1S/C45H70O11Si/c1-9-10-11-18-25-37(47)26-19-14-12-13-15-24-31-40(53-34-49-5)41(54-35-50-6)42(55-36-51-7)45(32-46,43(48)52-8)33-56-57(44(2,3)4,38-27-20-16-21-28-38)39-29-22-17-23-30-39/h16-17,20-24,27-32,40-42H,9-15,18-19,25-26,33-36H2,1-8H3/b31-24+/t40-,41+,42-,45-/m0/s1. The molecule has 0 aliphatic rings. The van der Waals surface area contributed by atoms with Gasteiger partial charge in [0.15, 0.2) is 5.41 Å². The molecule has 12 heteroatoms. The van der Waals surface area contributed by atoms with Gasteiger partial charge in [0.1, 0.15) is 50.8 Å². The van der Waals surface area contributed by atoms with Crippen LogP contribution in [0.2, 0.25) is 5.04 Å². The predicted octanol–water partition coefficient (Wildman–Crippen LogP) is 7.32. The van der Waals surface area contributed by atoms with Crippen molar-refractivity contribution in [2.75, 3.05) is 55.4 Å². The molecule has 0 saturated carbocycles. The fraction of sp³-hybridized carbons (Fsp3) is 0.622. The summed E-state index contributed by atoms with van der Waals surface area (Å²) >= 11 is 0. The summed E-state index contributed by atoms with van der Waals surface area (Å²) in [6.07, 6.45) is 11.2. The predicted molar refractivity (Wildman–Crippen MR) is 225 cm³/mol. The molecule has 0 unspecified atom stereocenters. The van der Waals surface area contributed by atoms with Crippen LogP contribution in [0, 0.1) is 5.41 Å². The molecule has 0 amide bonds. The highest BCUT2D eigenvalue weighted by molar-refractivity contribution is 6.99. The molecule has 320 valence electrons. The minimum absolute atomic E-state index is 0.115. The molecule has 0 aliphatic heterocycles. The van der Waals surface area contributed by atoms with Crippen molar-refractivity contribution in [2.24, 2.45) is 5.41 Å². The first-order valence-electron chi connectivity index (χ1n) is 20.3. The Morgan fingerprint density at radius 2 is 1.23 bits per heavy atom. The molecule has 2 aromatic rings. The zero-order valence-electron chi connectivity index (χ0n) is 35.8. The number of carbonyl (C=O) groups excluding carboxylic acids is 3. The molecule has 0 bridgehead atoms. The Labute approximate surface area is 343 Å². The molecule has 2 aromatic carbocycles. The zero-order chi connectivity index (χ0) is 42.0. The molecule has 4 atom stereocenters. The molecule has 0 aromatic heterocycles. The van der Waals surface area contributed by atoms with Gasteiger partial charge in [-0.3, -0.25) is 9.59 Å². The fourth-order valence-corrected chi connectivity index (χ4v) is 11.8. The number of allylic oxidation sites excluding steroid dienone is 1. The zero-order valence-corrected chi connectivity index (χ0v) is 36.8. The Balaban J connectivity index is 2.51. The Morgan fingerprint density at radius 3 is 1.74 bits per heavy atom. The van der Waals surface area contributed by atoms with Gasteiger partial charge in [-0.15, -0.1) is 0 Å². The lowest BCUT2D eigenvalue weighted by Crippen LogP contribution is -2.69. The largest absolute Gasteiger partial charge is 0.468 e. The Kier molecular flexibility index (Phi) is 24.2. The summed E-state index contributed by atoms with van der Waals surface area (Å²) in [5.74, 6) is -0.511. The van der Waals surface area contributed by atoms with Crippen LogP contribution in [0.1, 0.15) is 98.3 Å². The maximum absolute atomic E-state index is 14.2. The molecule has 0 fully saturated rings. The Bertz CT molecular complexity index is 1380. The number of esters is 1. The van der Waals surface area contributed by atoms with Crippen molar-refractivity contribution in [3.8, 4) is 0 Å². The summed E-state index contributed by atoms with van der Waals surface area (Å²) in [4.78, 5) is 40.2. The summed E-state index contributed by atoms with van der Waals surface area (Å²) in [7, 11) is 2.37. The number of Topliss-reactive ketones (excluding diaryl/α,β-unsaturated/α-hetero) is 1. The molecule has 0 heterocycles. The Hall–Kier alpha value is -3.07. The van der Waals surface area contributed by atoms with Gasteiger partial charge in [-0.2, -0.15) is 0 Å². The van der Waals surface area contributed by atoms with Crippen LogP contribution >= 0.6 is 0 Å². The summed E-state index contributed by atoms with van der Waals surface area (Å²) < 4.78 is 47.4. The minimum Gasteiger partial charge on any atom is -0.468 e. The van der Waals surface area contributed by atoms with Gasteiger partial charge in [0, 0.05) is 34.2 Å². The summed E-state index contributed by atoms with van der Waals surface area (Å²) in [5.41, 5.74) is -2.06. The van der Waals surface area contributed by atoms with Crippen LogP contribution in [0.25, 0.3) is 0 Å². The monoisotopic (exact) mass is 814 g/mol. The van der Waals surface area contributed by atoms with Crippen molar-refractivity contribution in [1.29, 1.82) is 0 Å². The van der Waals surface area contributed by atoms with E-state index in [1.54, 1.807) is 0 Å². The van der Waals surface area contributed by atoms with E-state index in [9.17, 15) is 14.4 Å². The first-order valence-corrected chi connectivity index (χ1v) is 22.2. The third kappa shape index (κ3) is 15.2.